The molecule has 9 aromatic carbocycles. The van der Waals surface area contributed by atoms with Crippen molar-refractivity contribution in [2.45, 2.75) is 6.17 Å². The molecular weight excluding hydrogens is 617 g/mol. The molecule has 0 fully saturated rings. The van der Waals surface area contributed by atoms with Crippen LogP contribution in [-0.2, 0) is 0 Å². The molecule has 1 aliphatic heterocycles. The Morgan fingerprint density at radius 2 is 0.941 bits per heavy atom. The first-order valence-corrected chi connectivity index (χ1v) is 17.6. The Labute approximate surface area is 297 Å². The van der Waals surface area contributed by atoms with Gasteiger partial charge in [0, 0.05) is 11.3 Å². The lowest BCUT2D eigenvalue weighted by Gasteiger charge is -2.29. The number of rotatable bonds is 5. The molecule has 0 saturated heterocycles. The SMILES string of the molecule is c1ccc(-c2ccccc2C2Nc3ccccc3N2c2ccc(-c3c4ccccc4c(-c4ccc5ccccc5c4)c4ccccc34)cc2)cc1. The molecule has 0 aliphatic carbocycles. The van der Waals surface area contributed by atoms with Gasteiger partial charge < -0.3 is 10.2 Å². The van der Waals surface area contributed by atoms with E-state index >= 15 is 0 Å². The normalized spacial score (nSPS) is 13.8. The van der Waals surface area contributed by atoms with E-state index in [1.807, 2.05) is 0 Å². The summed E-state index contributed by atoms with van der Waals surface area (Å²) in [5.41, 5.74) is 12.1. The van der Waals surface area contributed by atoms with E-state index in [1.54, 1.807) is 0 Å². The highest BCUT2D eigenvalue weighted by molar-refractivity contribution is 6.21. The van der Waals surface area contributed by atoms with E-state index in [9.17, 15) is 0 Å². The zero-order valence-electron chi connectivity index (χ0n) is 28.0. The Morgan fingerprint density at radius 1 is 0.392 bits per heavy atom. The molecule has 1 heterocycles. The van der Waals surface area contributed by atoms with Gasteiger partial charge in [0.05, 0.1) is 11.4 Å². The van der Waals surface area contributed by atoms with Crippen LogP contribution >= 0.6 is 0 Å². The second-order valence-corrected chi connectivity index (χ2v) is 13.3. The Hall–Kier alpha value is -6.64. The standard InChI is InChI=1S/C49H34N2/c1-2-15-34(16-3-1)39-18-6-11-23-44(39)49-50-45-24-12-13-25-46(45)51(49)38-30-28-35(29-31-38)47-40-19-7-9-21-42(40)48(43-22-10-8-20-41(43)47)37-27-26-33-14-4-5-17-36(33)32-37/h1-32,49-50H. The van der Waals surface area contributed by atoms with Crippen molar-refractivity contribution < 1.29 is 0 Å². The van der Waals surface area contributed by atoms with Crippen LogP contribution in [0.1, 0.15) is 11.7 Å². The van der Waals surface area contributed by atoms with Gasteiger partial charge in [0.15, 0.2) is 0 Å². The molecule has 0 radical (unpaired) electrons. The number of benzene rings is 9. The van der Waals surface area contributed by atoms with E-state index in [1.165, 1.54) is 76.9 Å². The van der Waals surface area contributed by atoms with Crippen LogP contribution in [0.3, 0.4) is 0 Å². The van der Waals surface area contributed by atoms with Gasteiger partial charge in [-0.2, -0.15) is 0 Å². The van der Waals surface area contributed by atoms with E-state index in [4.69, 9.17) is 0 Å². The number of anilines is 3. The lowest BCUT2D eigenvalue weighted by molar-refractivity contribution is 0.830. The van der Waals surface area contributed by atoms with Crippen molar-refractivity contribution in [3.8, 4) is 33.4 Å². The van der Waals surface area contributed by atoms with Gasteiger partial charge in [-0.05, 0) is 96.0 Å². The first kappa shape index (κ1) is 29.3. The average Bonchev–Trinajstić information content (AvgIpc) is 3.60. The fourth-order valence-corrected chi connectivity index (χ4v) is 8.16. The lowest BCUT2D eigenvalue weighted by atomic mass is 9.85. The minimum Gasteiger partial charge on any atom is -0.359 e. The van der Waals surface area contributed by atoms with Crippen molar-refractivity contribution in [2.75, 3.05) is 10.2 Å². The van der Waals surface area contributed by atoms with Gasteiger partial charge in [-0.15, -0.1) is 0 Å². The lowest BCUT2D eigenvalue weighted by Crippen LogP contribution is -2.24. The second kappa shape index (κ2) is 12.0. The molecular formula is C49H34N2. The van der Waals surface area contributed by atoms with Crippen molar-refractivity contribution in [3.05, 3.63) is 200 Å². The van der Waals surface area contributed by atoms with Crippen LogP contribution < -0.4 is 10.2 Å². The summed E-state index contributed by atoms with van der Waals surface area (Å²) in [6.07, 6.45) is -0.0625. The van der Waals surface area contributed by atoms with E-state index in [0.29, 0.717) is 0 Å². The van der Waals surface area contributed by atoms with E-state index in [-0.39, 0.29) is 6.17 Å². The molecule has 0 saturated carbocycles. The van der Waals surface area contributed by atoms with Crippen LogP contribution in [0.15, 0.2) is 194 Å². The largest absolute Gasteiger partial charge is 0.359 e. The zero-order chi connectivity index (χ0) is 33.7. The molecule has 1 N–H and O–H groups in total. The number of hydrogen-bond donors (Lipinski definition) is 1. The monoisotopic (exact) mass is 650 g/mol. The third kappa shape index (κ3) is 4.87. The molecule has 1 atom stereocenters. The molecule has 0 amide bonds. The van der Waals surface area contributed by atoms with Gasteiger partial charge >= 0.3 is 0 Å². The van der Waals surface area contributed by atoms with Gasteiger partial charge in [-0.3, -0.25) is 0 Å². The number of fused-ring (bicyclic) bond motifs is 4. The number of para-hydroxylation sites is 2. The van der Waals surface area contributed by atoms with Crippen LogP contribution in [0.2, 0.25) is 0 Å². The van der Waals surface area contributed by atoms with Crippen molar-refractivity contribution in [3.63, 3.8) is 0 Å². The van der Waals surface area contributed by atoms with Gasteiger partial charge in [0.25, 0.3) is 0 Å². The third-order valence-electron chi connectivity index (χ3n) is 10.5. The summed E-state index contributed by atoms with van der Waals surface area (Å²) in [7, 11) is 0. The second-order valence-electron chi connectivity index (χ2n) is 13.3. The topological polar surface area (TPSA) is 15.3 Å². The van der Waals surface area contributed by atoms with Gasteiger partial charge in [0.1, 0.15) is 6.17 Å². The maximum atomic E-state index is 3.86. The Morgan fingerprint density at radius 3 is 1.67 bits per heavy atom. The smallest absolute Gasteiger partial charge is 0.131 e. The van der Waals surface area contributed by atoms with Crippen LogP contribution in [0, 0.1) is 0 Å². The van der Waals surface area contributed by atoms with Gasteiger partial charge in [0.2, 0.25) is 0 Å². The molecule has 2 heteroatoms. The fourth-order valence-electron chi connectivity index (χ4n) is 8.16. The third-order valence-corrected chi connectivity index (χ3v) is 10.5. The predicted octanol–water partition coefficient (Wildman–Crippen LogP) is 13.4. The van der Waals surface area contributed by atoms with E-state index < -0.39 is 0 Å². The van der Waals surface area contributed by atoms with Crippen molar-refractivity contribution in [1.82, 2.24) is 0 Å². The van der Waals surface area contributed by atoms with Crippen LogP contribution in [-0.4, -0.2) is 0 Å². The van der Waals surface area contributed by atoms with Crippen LogP contribution in [0.25, 0.3) is 65.7 Å². The number of hydrogen-bond acceptors (Lipinski definition) is 2. The fraction of sp³-hybridized carbons (Fsp3) is 0.0204. The molecule has 51 heavy (non-hydrogen) atoms. The molecule has 0 aromatic heterocycles. The molecule has 0 bridgehead atoms. The first-order valence-electron chi connectivity index (χ1n) is 17.6. The average molecular weight is 651 g/mol. The minimum absolute atomic E-state index is 0.0625. The molecule has 240 valence electrons. The minimum atomic E-state index is -0.0625. The highest BCUT2D eigenvalue weighted by atomic mass is 15.3. The van der Waals surface area contributed by atoms with E-state index in [0.717, 1.165) is 11.4 Å². The summed E-state index contributed by atoms with van der Waals surface area (Å²) in [6, 6.07) is 70.6. The Kier molecular flexibility index (Phi) is 6.92. The number of nitrogens with zero attached hydrogens (tertiary/aromatic N) is 1. The Balaban J connectivity index is 1.12. The molecule has 0 spiro atoms. The maximum Gasteiger partial charge on any atom is 0.131 e. The number of nitrogens with one attached hydrogen (secondary N) is 1. The van der Waals surface area contributed by atoms with Crippen molar-refractivity contribution >= 4 is 49.4 Å². The van der Waals surface area contributed by atoms with Gasteiger partial charge in [-0.1, -0.05) is 164 Å². The summed E-state index contributed by atoms with van der Waals surface area (Å²) in [4.78, 5) is 2.44. The molecule has 2 nitrogen and oxygen atoms in total. The summed E-state index contributed by atoms with van der Waals surface area (Å²) < 4.78 is 0. The highest BCUT2D eigenvalue weighted by Crippen LogP contribution is 2.49. The van der Waals surface area contributed by atoms with Crippen LogP contribution in [0.4, 0.5) is 17.1 Å². The molecule has 10 rings (SSSR count). The van der Waals surface area contributed by atoms with Crippen molar-refractivity contribution in [1.29, 1.82) is 0 Å². The van der Waals surface area contributed by atoms with Crippen LogP contribution in [0.5, 0.6) is 0 Å². The highest BCUT2D eigenvalue weighted by Gasteiger charge is 2.32. The molecule has 9 aromatic rings. The molecule has 1 aliphatic rings. The summed E-state index contributed by atoms with van der Waals surface area (Å²) in [6.45, 7) is 0. The quantitative estimate of drug-likeness (QED) is 0.187. The van der Waals surface area contributed by atoms with Gasteiger partial charge in [-0.25, -0.2) is 0 Å². The van der Waals surface area contributed by atoms with E-state index in [2.05, 4.69) is 204 Å². The van der Waals surface area contributed by atoms with Crippen molar-refractivity contribution in [2.24, 2.45) is 0 Å². The summed E-state index contributed by atoms with van der Waals surface area (Å²) in [5.74, 6) is 0. The summed E-state index contributed by atoms with van der Waals surface area (Å²) in [5, 5.41) is 11.4. The maximum absolute atomic E-state index is 3.86. The molecule has 1 unspecified atom stereocenters. The zero-order valence-corrected chi connectivity index (χ0v) is 28.0. The first-order chi connectivity index (χ1) is 25.3. The Bertz CT molecular complexity index is 2670. The predicted molar refractivity (Wildman–Crippen MR) is 217 cm³/mol. The summed E-state index contributed by atoms with van der Waals surface area (Å²) >= 11 is 0.